The fourth-order valence-corrected chi connectivity index (χ4v) is 0.404. The first-order chi connectivity index (χ1) is 3.41. The number of hydrogen-bond donors (Lipinski definition) is 1. The minimum absolute atomic E-state index is 0.750. The van der Waals surface area contributed by atoms with Gasteiger partial charge in [-0.1, -0.05) is 6.92 Å². The monoisotopic (exact) mass is 99.1 g/mol. The van der Waals surface area contributed by atoms with Gasteiger partial charge in [0.2, 0.25) is 0 Å². The summed E-state index contributed by atoms with van der Waals surface area (Å²) in [5.41, 5.74) is 0. The van der Waals surface area contributed by atoms with Crippen LogP contribution in [0.2, 0.25) is 0 Å². The summed E-state index contributed by atoms with van der Waals surface area (Å²) in [5, 5.41) is 3.16. The molecular formula is C6H13N. The van der Waals surface area contributed by atoms with Crippen LogP contribution in [0.4, 0.5) is 0 Å². The predicted molar refractivity (Wildman–Crippen MR) is 32.1 cm³/mol. The average molecular weight is 99.2 g/mol. The molecule has 1 N–H and O–H groups in total. The molecule has 0 saturated carbocycles. The van der Waals surface area contributed by atoms with Crippen molar-refractivity contribution >= 4 is 0 Å². The maximum Gasteiger partial charge on any atom is -0.00461 e. The second-order valence-electron chi connectivity index (χ2n) is 1.54. The van der Waals surface area contributed by atoms with Crippen LogP contribution in [0, 0.1) is 6.92 Å². The van der Waals surface area contributed by atoms with Crippen molar-refractivity contribution < 1.29 is 0 Å². The van der Waals surface area contributed by atoms with Crippen LogP contribution < -0.4 is 5.32 Å². The molecular weight excluding hydrogens is 86.1 g/mol. The predicted octanol–water partition coefficient (Wildman–Crippen LogP) is 1.09. The van der Waals surface area contributed by atoms with Gasteiger partial charge in [-0.3, -0.25) is 0 Å². The van der Waals surface area contributed by atoms with Crippen molar-refractivity contribution in [2.45, 2.75) is 19.8 Å². The average Bonchev–Trinajstić information content (AvgIpc) is 1.69. The van der Waals surface area contributed by atoms with Crippen molar-refractivity contribution in [2.24, 2.45) is 0 Å². The smallest absolute Gasteiger partial charge is 0.00461 e. The Balaban J connectivity index is 2.45. The van der Waals surface area contributed by atoms with Gasteiger partial charge in [0.25, 0.3) is 0 Å². The molecule has 0 aromatic heterocycles. The molecule has 0 saturated heterocycles. The van der Waals surface area contributed by atoms with Crippen molar-refractivity contribution in [1.82, 2.24) is 5.32 Å². The highest BCUT2D eigenvalue weighted by molar-refractivity contribution is 4.45. The van der Waals surface area contributed by atoms with Crippen molar-refractivity contribution in [3.05, 3.63) is 6.92 Å². The zero-order valence-corrected chi connectivity index (χ0v) is 4.91. The SMILES string of the molecule is [CH]CCNCCC. The molecule has 0 amide bonds. The maximum absolute atomic E-state index is 5.21. The Morgan fingerprint density at radius 2 is 2.14 bits per heavy atom. The van der Waals surface area contributed by atoms with E-state index in [0.29, 0.717) is 0 Å². The van der Waals surface area contributed by atoms with E-state index in [1.54, 1.807) is 0 Å². The molecule has 1 nitrogen and oxygen atoms in total. The molecule has 0 aliphatic carbocycles. The van der Waals surface area contributed by atoms with Crippen LogP contribution in [-0.2, 0) is 0 Å². The minimum Gasteiger partial charge on any atom is -0.317 e. The molecule has 0 rings (SSSR count). The fraction of sp³-hybridized carbons (Fsp3) is 0.833. The summed E-state index contributed by atoms with van der Waals surface area (Å²) in [6.45, 7) is 9.40. The normalized spacial score (nSPS) is 9.43. The van der Waals surface area contributed by atoms with Gasteiger partial charge in [0.15, 0.2) is 0 Å². The number of hydrogen-bond acceptors (Lipinski definition) is 1. The molecule has 0 aliphatic heterocycles. The number of rotatable bonds is 4. The van der Waals surface area contributed by atoms with Gasteiger partial charge in [-0.25, -0.2) is 0 Å². The van der Waals surface area contributed by atoms with E-state index in [0.717, 1.165) is 19.5 Å². The molecule has 0 aromatic carbocycles. The molecule has 42 valence electrons. The lowest BCUT2D eigenvalue weighted by atomic mass is 10.4. The van der Waals surface area contributed by atoms with E-state index in [1.165, 1.54) is 6.42 Å². The lowest BCUT2D eigenvalue weighted by molar-refractivity contribution is 0.677. The van der Waals surface area contributed by atoms with Crippen LogP contribution in [-0.4, -0.2) is 13.1 Å². The highest BCUT2D eigenvalue weighted by Crippen LogP contribution is 1.71. The van der Waals surface area contributed by atoms with Crippen molar-refractivity contribution in [3.8, 4) is 0 Å². The molecule has 1 heteroatoms. The van der Waals surface area contributed by atoms with Crippen LogP contribution in [0.25, 0.3) is 0 Å². The Labute approximate surface area is 46.1 Å². The van der Waals surface area contributed by atoms with Crippen molar-refractivity contribution in [2.75, 3.05) is 13.1 Å². The molecule has 2 radical (unpaired) electrons. The maximum atomic E-state index is 5.21. The standard InChI is InChI=1S/C6H13N/c1-3-5-7-6-4-2/h1,7H,3-6H2,2H3. The molecule has 7 heavy (non-hydrogen) atoms. The first-order valence-electron chi connectivity index (χ1n) is 2.82. The third-order valence-electron chi connectivity index (χ3n) is 0.748. The van der Waals surface area contributed by atoms with Crippen molar-refractivity contribution in [1.29, 1.82) is 0 Å². The second-order valence-corrected chi connectivity index (χ2v) is 1.54. The quantitative estimate of drug-likeness (QED) is 0.520. The number of nitrogens with one attached hydrogen (secondary N) is 1. The zero-order valence-electron chi connectivity index (χ0n) is 4.91. The van der Waals surface area contributed by atoms with E-state index in [4.69, 9.17) is 6.92 Å². The molecule has 0 heterocycles. The van der Waals surface area contributed by atoms with Gasteiger partial charge in [0.05, 0.1) is 0 Å². The van der Waals surface area contributed by atoms with Gasteiger partial charge in [0.1, 0.15) is 0 Å². The third kappa shape index (κ3) is 5.96. The summed E-state index contributed by atoms with van der Waals surface area (Å²) in [7, 11) is 0. The third-order valence-corrected chi connectivity index (χ3v) is 0.748. The van der Waals surface area contributed by atoms with Crippen LogP contribution in [0.1, 0.15) is 19.8 Å². The van der Waals surface area contributed by atoms with Crippen LogP contribution in [0.5, 0.6) is 0 Å². The molecule has 0 atom stereocenters. The summed E-state index contributed by atoms with van der Waals surface area (Å²) in [4.78, 5) is 0. The van der Waals surface area contributed by atoms with E-state index < -0.39 is 0 Å². The second kappa shape index (κ2) is 5.96. The van der Waals surface area contributed by atoms with Crippen LogP contribution in [0.3, 0.4) is 0 Å². The molecule has 0 fully saturated rings. The molecule has 0 spiro atoms. The lowest BCUT2D eigenvalue weighted by Crippen LogP contribution is -2.14. The van der Waals surface area contributed by atoms with Gasteiger partial charge >= 0.3 is 0 Å². The topological polar surface area (TPSA) is 12.0 Å². The van der Waals surface area contributed by atoms with E-state index in [9.17, 15) is 0 Å². The minimum atomic E-state index is 0.750. The Morgan fingerprint density at radius 1 is 1.43 bits per heavy atom. The summed E-state index contributed by atoms with van der Waals surface area (Å²) >= 11 is 0. The van der Waals surface area contributed by atoms with Crippen molar-refractivity contribution in [3.63, 3.8) is 0 Å². The van der Waals surface area contributed by atoms with Gasteiger partial charge in [-0.15, -0.1) is 0 Å². The first-order valence-corrected chi connectivity index (χ1v) is 2.82. The highest BCUT2D eigenvalue weighted by atomic mass is 14.8. The summed E-state index contributed by atoms with van der Waals surface area (Å²) < 4.78 is 0. The Kier molecular flexibility index (Phi) is 5.93. The van der Waals surface area contributed by atoms with Gasteiger partial charge in [-0.2, -0.15) is 0 Å². The summed E-state index contributed by atoms with van der Waals surface area (Å²) in [5.74, 6) is 0. The summed E-state index contributed by atoms with van der Waals surface area (Å²) in [6.07, 6.45) is 1.94. The van der Waals surface area contributed by atoms with Gasteiger partial charge < -0.3 is 5.32 Å². The van der Waals surface area contributed by atoms with E-state index in [1.807, 2.05) is 0 Å². The first kappa shape index (κ1) is 6.96. The fourth-order valence-electron chi connectivity index (χ4n) is 0.404. The largest absolute Gasteiger partial charge is 0.317 e. The van der Waals surface area contributed by atoms with E-state index in [2.05, 4.69) is 12.2 Å². The van der Waals surface area contributed by atoms with Crippen LogP contribution >= 0.6 is 0 Å². The summed E-state index contributed by atoms with van der Waals surface area (Å²) in [6, 6.07) is 0. The van der Waals surface area contributed by atoms with E-state index >= 15 is 0 Å². The highest BCUT2D eigenvalue weighted by Gasteiger charge is 1.76. The molecule has 0 bridgehead atoms. The van der Waals surface area contributed by atoms with Gasteiger partial charge in [-0.05, 0) is 32.9 Å². The Morgan fingerprint density at radius 3 is 2.57 bits per heavy atom. The zero-order chi connectivity index (χ0) is 5.54. The lowest BCUT2D eigenvalue weighted by Gasteiger charge is -1.95. The molecule has 0 aromatic rings. The van der Waals surface area contributed by atoms with Gasteiger partial charge in [0, 0.05) is 0 Å². The Hall–Kier alpha value is -0.0400. The van der Waals surface area contributed by atoms with E-state index in [-0.39, 0.29) is 0 Å². The molecule has 0 aliphatic rings. The Bertz CT molecular complexity index is 23.4. The van der Waals surface area contributed by atoms with Crippen LogP contribution in [0.15, 0.2) is 0 Å². The molecule has 0 unspecified atom stereocenters.